The number of H-pyrrole nitrogens is 1. The van der Waals surface area contributed by atoms with Crippen LogP contribution in [0.1, 0.15) is 11.1 Å². The monoisotopic (exact) mass is 316 g/mol. The number of para-hydroxylation sites is 2. The molecule has 0 saturated carbocycles. The van der Waals surface area contributed by atoms with E-state index < -0.39 is 9.84 Å². The number of hydrogen-bond donors (Lipinski definition) is 1. The molecule has 0 aliphatic rings. The number of imidazole rings is 1. The SMILES string of the molecule is Cc1cc(/C=C/S(=O)(=O)c2nc3ccccc3[nH]2)ccc1F. The number of hydrogen-bond acceptors (Lipinski definition) is 3. The van der Waals surface area contributed by atoms with Gasteiger partial charge in [-0.3, -0.25) is 0 Å². The van der Waals surface area contributed by atoms with Crippen molar-refractivity contribution in [1.82, 2.24) is 9.97 Å². The number of nitrogens with zero attached hydrogens (tertiary/aromatic N) is 1. The molecule has 4 nitrogen and oxygen atoms in total. The van der Waals surface area contributed by atoms with Gasteiger partial charge in [0.15, 0.2) is 0 Å². The normalized spacial score (nSPS) is 12.3. The minimum Gasteiger partial charge on any atom is -0.328 e. The summed E-state index contributed by atoms with van der Waals surface area (Å²) in [6, 6.07) is 11.5. The van der Waals surface area contributed by atoms with E-state index in [1.807, 2.05) is 0 Å². The van der Waals surface area contributed by atoms with Gasteiger partial charge in [-0.2, -0.15) is 0 Å². The van der Waals surface area contributed by atoms with Crippen LogP contribution < -0.4 is 0 Å². The second-order valence-corrected chi connectivity index (χ2v) is 6.66. The summed E-state index contributed by atoms with van der Waals surface area (Å²) in [6.45, 7) is 1.63. The van der Waals surface area contributed by atoms with Gasteiger partial charge in [0.2, 0.25) is 15.0 Å². The molecule has 0 radical (unpaired) electrons. The van der Waals surface area contributed by atoms with Crippen LogP contribution in [0.4, 0.5) is 4.39 Å². The Kier molecular flexibility index (Phi) is 3.54. The van der Waals surface area contributed by atoms with Crippen molar-refractivity contribution in [2.75, 3.05) is 0 Å². The molecule has 1 N–H and O–H groups in total. The number of aromatic nitrogens is 2. The molecule has 0 aliphatic carbocycles. The lowest BCUT2D eigenvalue weighted by molar-refractivity contribution is 0.598. The molecule has 3 rings (SSSR count). The number of halogens is 1. The molecule has 0 spiro atoms. The smallest absolute Gasteiger partial charge is 0.233 e. The topological polar surface area (TPSA) is 62.8 Å². The van der Waals surface area contributed by atoms with Crippen molar-refractivity contribution in [3.63, 3.8) is 0 Å². The summed E-state index contributed by atoms with van der Waals surface area (Å²) in [4.78, 5) is 6.86. The quantitative estimate of drug-likeness (QED) is 0.805. The molecule has 112 valence electrons. The van der Waals surface area contributed by atoms with E-state index in [1.54, 1.807) is 37.3 Å². The predicted octanol–water partition coefficient (Wildman–Crippen LogP) is 3.46. The van der Waals surface area contributed by atoms with E-state index in [2.05, 4.69) is 9.97 Å². The highest BCUT2D eigenvalue weighted by atomic mass is 32.2. The minimum atomic E-state index is -3.68. The summed E-state index contributed by atoms with van der Waals surface area (Å²) in [7, 11) is -3.68. The fourth-order valence-electron chi connectivity index (χ4n) is 2.07. The third kappa shape index (κ3) is 2.78. The number of rotatable bonds is 3. The highest BCUT2D eigenvalue weighted by Crippen LogP contribution is 2.17. The van der Waals surface area contributed by atoms with E-state index in [-0.39, 0.29) is 11.0 Å². The van der Waals surface area contributed by atoms with Crippen molar-refractivity contribution < 1.29 is 12.8 Å². The molecule has 0 fully saturated rings. The summed E-state index contributed by atoms with van der Waals surface area (Å²) < 4.78 is 37.7. The van der Waals surface area contributed by atoms with Crippen LogP contribution in [0.25, 0.3) is 17.1 Å². The highest BCUT2D eigenvalue weighted by Gasteiger charge is 2.15. The van der Waals surface area contributed by atoms with Crippen molar-refractivity contribution >= 4 is 26.9 Å². The van der Waals surface area contributed by atoms with E-state index >= 15 is 0 Å². The van der Waals surface area contributed by atoms with Gasteiger partial charge in [0.25, 0.3) is 0 Å². The van der Waals surface area contributed by atoms with Gasteiger partial charge in [0.1, 0.15) is 5.82 Å². The molecule has 0 aliphatic heterocycles. The largest absolute Gasteiger partial charge is 0.328 e. The average Bonchev–Trinajstić information content (AvgIpc) is 2.93. The van der Waals surface area contributed by atoms with Crippen molar-refractivity contribution in [2.24, 2.45) is 0 Å². The minimum absolute atomic E-state index is 0.108. The zero-order chi connectivity index (χ0) is 15.7. The maximum atomic E-state index is 13.2. The number of nitrogens with one attached hydrogen (secondary N) is 1. The Balaban J connectivity index is 1.95. The van der Waals surface area contributed by atoms with Gasteiger partial charge in [-0.25, -0.2) is 17.8 Å². The van der Waals surface area contributed by atoms with Crippen LogP contribution in [0.2, 0.25) is 0 Å². The van der Waals surface area contributed by atoms with Crippen LogP contribution in [0, 0.1) is 12.7 Å². The maximum absolute atomic E-state index is 13.2. The van der Waals surface area contributed by atoms with E-state index in [9.17, 15) is 12.8 Å². The van der Waals surface area contributed by atoms with Crippen molar-refractivity contribution in [2.45, 2.75) is 12.1 Å². The van der Waals surface area contributed by atoms with Crippen LogP contribution in [-0.4, -0.2) is 18.4 Å². The Hall–Kier alpha value is -2.47. The second-order valence-electron chi connectivity index (χ2n) is 4.92. The fraction of sp³-hybridized carbons (Fsp3) is 0.0625. The third-order valence-corrected chi connectivity index (χ3v) is 4.49. The molecule has 22 heavy (non-hydrogen) atoms. The lowest BCUT2D eigenvalue weighted by Crippen LogP contribution is -1.98. The average molecular weight is 316 g/mol. The third-order valence-electron chi connectivity index (χ3n) is 3.26. The van der Waals surface area contributed by atoms with Crippen LogP contribution >= 0.6 is 0 Å². The standard InChI is InChI=1S/C16H13FN2O2S/c1-11-10-12(6-7-13(11)17)8-9-22(20,21)16-18-14-4-2-3-5-15(14)19-16/h2-10H,1H3,(H,18,19)/b9-8+. The van der Waals surface area contributed by atoms with Gasteiger partial charge in [-0.15, -0.1) is 0 Å². The zero-order valence-electron chi connectivity index (χ0n) is 11.7. The molecule has 0 atom stereocenters. The predicted molar refractivity (Wildman–Crippen MR) is 83.5 cm³/mol. The molecule has 0 amide bonds. The lowest BCUT2D eigenvalue weighted by atomic mass is 10.1. The summed E-state index contributed by atoms with van der Waals surface area (Å²) in [5.74, 6) is -0.322. The van der Waals surface area contributed by atoms with Gasteiger partial charge in [-0.05, 0) is 48.4 Å². The first-order valence-corrected chi connectivity index (χ1v) is 8.14. The van der Waals surface area contributed by atoms with Crippen molar-refractivity contribution in [3.05, 3.63) is 64.8 Å². The van der Waals surface area contributed by atoms with Crippen LogP contribution in [0.3, 0.4) is 0 Å². The van der Waals surface area contributed by atoms with Gasteiger partial charge in [0.05, 0.1) is 11.0 Å². The van der Waals surface area contributed by atoms with Gasteiger partial charge in [-0.1, -0.05) is 18.2 Å². The van der Waals surface area contributed by atoms with Crippen LogP contribution in [-0.2, 0) is 9.84 Å². The molecule has 2 aromatic carbocycles. The Bertz CT molecular complexity index is 942. The summed E-state index contributed by atoms with van der Waals surface area (Å²) >= 11 is 0. The van der Waals surface area contributed by atoms with Crippen LogP contribution in [0.5, 0.6) is 0 Å². The highest BCUT2D eigenvalue weighted by molar-refractivity contribution is 7.94. The number of sulfone groups is 1. The number of aryl methyl sites for hydroxylation is 1. The first-order chi connectivity index (χ1) is 10.5. The summed E-state index contributed by atoms with van der Waals surface area (Å²) in [5, 5.41) is 0.959. The zero-order valence-corrected chi connectivity index (χ0v) is 12.6. The Morgan fingerprint density at radius 2 is 1.95 bits per heavy atom. The van der Waals surface area contributed by atoms with Crippen LogP contribution in [0.15, 0.2) is 53.0 Å². The first kappa shape index (κ1) is 14.5. The van der Waals surface area contributed by atoms with Crippen molar-refractivity contribution in [3.8, 4) is 0 Å². The summed E-state index contributed by atoms with van der Waals surface area (Å²) in [5.41, 5.74) is 2.32. The van der Waals surface area contributed by atoms with E-state index in [0.717, 1.165) is 5.41 Å². The molecular weight excluding hydrogens is 303 g/mol. The maximum Gasteiger partial charge on any atom is 0.233 e. The van der Waals surface area contributed by atoms with Gasteiger partial charge in [0, 0.05) is 5.41 Å². The van der Waals surface area contributed by atoms with E-state index in [1.165, 1.54) is 18.2 Å². The molecular formula is C16H13FN2O2S. The molecule has 0 bridgehead atoms. The van der Waals surface area contributed by atoms with E-state index in [0.29, 0.717) is 22.2 Å². The van der Waals surface area contributed by atoms with Gasteiger partial charge >= 0.3 is 0 Å². The molecule has 0 unspecified atom stereocenters. The second kappa shape index (κ2) is 5.38. The first-order valence-electron chi connectivity index (χ1n) is 6.60. The van der Waals surface area contributed by atoms with E-state index in [4.69, 9.17) is 0 Å². The molecule has 1 heterocycles. The Labute approximate surface area is 127 Å². The molecule has 1 aromatic heterocycles. The Morgan fingerprint density at radius 1 is 1.18 bits per heavy atom. The van der Waals surface area contributed by atoms with Gasteiger partial charge < -0.3 is 4.98 Å². The number of fused-ring (bicyclic) bond motifs is 1. The molecule has 3 aromatic rings. The van der Waals surface area contributed by atoms with Crippen molar-refractivity contribution in [1.29, 1.82) is 0 Å². The Morgan fingerprint density at radius 3 is 2.68 bits per heavy atom. The number of aromatic amines is 1. The molecule has 0 saturated heterocycles. The fourth-order valence-corrected chi connectivity index (χ4v) is 3.01. The lowest BCUT2D eigenvalue weighted by Gasteiger charge is -1.98. The number of benzene rings is 2. The molecule has 6 heteroatoms. The summed E-state index contributed by atoms with van der Waals surface area (Å²) in [6.07, 6.45) is 1.43.